The molecule has 0 radical (unpaired) electrons. The highest BCUT2D eigenvalue weighted by atomic mass is 19.4. The lowest BCUT2D eigenvalue weighted by molar-refractivity contribution is -0.138. The second kappa shape index (κ2) is 8.51. The van der Waals surface area contributed by atoms with Crippen LogP contribution in [0, 0.1) is 5.92 Å². The second-order valence-corrected chi connectivity index (χ2v) is 7.72. The van der Waals surface area contributed by atoms with Crippen molar-refractivity contribution in [3.05, 3.63) is 36.2 Å². The lowest BCUT2D eigenvalue weighted by Crippen LogP contribution is -2.58. The number of ether oxygens (including phenoxy) is 1. The van der Waals surface area contributed by atoms with Gasteiger partial charge < -0.3 is 9.64 Å². The molecule has 1 unspecified atom stereocenters. The van der Waals surface area contributed by atoms with Crippen LogP contribution in [-0.4, -0.2) is 46.4 Å². The maximum absolute atomic E-state index is 14.7. The Hall–Kier alpha value is -2.45. The first-order chi connectivity index (χ1) is 13.3. The molecule has 1 aromatic heterocycles. The number of nitrogens with zero attached hydrogens (tertiary/aromatic N) is 3. The molecule has 1 saturated heterocycles. The number of pyridine rings is 1. The summed E-state index contributed by atoms with van der Waals surface area (Å²) in [7, 11) is 0. The number of carbonyl (C=O) groups is 1. The summed E-state index contributed by atoms with van der Waals surface area (Å²) in [5.41, 5.74) is -1.82. The highest BCUT2D eigenvalue weighted by Gasteiger charge is 2.43. The van der Waals surface area contributed by atoms with Gasteiger partial charge in [-0.3, -0.25) is 9.79 Å². The number of alkyl halides is 4. The highest BCUT2D eigenvalue weighted by Crippen LogP contribution is 2.34. The third kappa shape index (κ3) is 6.01. The van der Waals surface area contributed by atoms with E-state index in [9.17, 15) is 22.4 Å². The minimum atomic E-state index is -4.49. The molecule has 0 spiro atoms. The van der Waals surface area contributed by atoms with E-state index in [2.05, 4.69) is 16.6 Å². The van der Waals surface area contributed by atoms with Crippen molar-refractivity contribution in [2.75, 3.05) is 13.2 Å². The first-order valence-corrected chi connectivity index (χ1v) is 9.17. The molecule has 1 amide bonds. The van der Waals surface area contributed by atoms with Crippen LogP contribution in [0.25, 0.3) is 0 Å². The Morgan fingerprint density at radius 3 is 2.59 bits per heavy atom. The van der Waals surface area contributed by atoms with Crippen molar-refractivity contribution >= 4 is 11.6 Å². The van der Waals surface area contributed by atoms with Gasteiger partial charge in [-0.25, -0.2) is 9.37 Å². The Balaban J connectivity index is 2.18. The molecule has 1 fully saturated rings. The van der Waals surface area contributed by atoms with E-state index in [4.69, 9.17) is 4.74 Å². The third-order valence-corrected chi connectivity index (χ3v) is 4.70. The van der Waals surface area contributed by atoms with Gasteiger partial charge in [0.25, 0.3) is 5.91 Å². The smallest absolute Gasteiger partial charge is 0.417 e. The average molecular weight is 415 g/mol. The summed E-state index contributed by atoms with van der Waals surface area (Å²) in [5, 5.41) is 0. The van der Waals surface area contributed by atoms with Crippen LogP contribution in [0.4, 0.5) is 17.6 Å². The van der Waals surface area contributed by atoms with Gasteiger partial charge in [0.1, 0.15) is 18.0 Å². The van der Waals surface area contributed by atoms with Crippen LogP contribution in [0.2, 0.25) is 0 Å². The van der Waals surface area contributed by atoms with Crippen LogP contribution in [0.5, 0.6) is 5.88 Å². The number of piperidine rings is 1. The van der Waals surface area contributed by atoms with Crippen LogP contribution >= 0.6 is 0 Å². The van der Waals surface area contributed by atoms with Gasteiger partial charge in [0, 0.05) is 18.0 Å². The molecule has 0 aromatic carbocycles. The predicted octanol–water partition coefficient (Wildman–Crippen LogP) is 4.44. The number of halogens is 4. The summed E-state index contributed by atoms with van der Waals surface area (Å²) >= 11 is 0. The molecule has 0 bridgehead atoms. The molecule has 160 valence electrons. The summed E-state index contributed by atoms with van der Waals surface area (Å²) in [4.78, 5) is 21.9. The lowest BCUT2D eigenvalue weighted by atomic mass is 9.83. The zero-order valence-electron chi connectivity index (χ0n) is 16.9. The number of likely N-dealkylation sites (tertiary alicyclic amines) is 1. The lowest BCUT2D eigenvalue weighted by Gasteiger charge is -2.45. The topological polar surface area (TPSA) is 54.8 Å². The largest absolute Gasteiger partial charge is 0.475 e. The second-order valence-electron chi connectivity index (χ2n) is 7.72. The summed E-state index contributed by atoms with van der Waals surface area (Å²) in [5.74, 6) is -0.675. The Bertz CT molecular complexity index is 788. The summed E-state index contributed by atoms with van der Waals surface area (Å²) in [6.45, 7) is 9.89. The van der Waals surface area contributed by atoms with E-state index >= 15 is 0 Å². The zero-order valence-corrected chi connectivity index (χ0v) is 16.9. The van der Waals surface area contributed by atoms with Gasteiger partial charge >= 0.3 is 6.18 Å². The van der Waals surface area contributed by atoms with E-state index in [1.165, 1.54) is 18.7 Å². The molecule has 9 heteroatoms. The van der Waals surface area contributed by atoms with E-state index in [-0.39, 0.29) is 37.1 Å². The SMILES string of the molecule is C=C(C)N=C(C)C(=O)N1CC(C)(F)C[C@@H](C)[C@H]1COc1ccc(C(F)(F)F)cn1. The average Bonchev–Trinajstić information content (AvgIpc) is 2.58. The molecule has 3 atom stereocenters. The molecular formula is C20H25F4N3O2. The standard InChI is InChI=1S/C20H25F4N3O2/c1-12(2)26-14(4)18(28)27-11-19(5,21)8-13(3)16(27)10-29-17-7-6-15(9-25-17)20(22,23)24/h6-7,9,13,16H,1,8,10-11H2,2-5H3/t13-,16-,19?/m1/s1. The number of hydrogen-bond donors (Lipinski definition) is 0. The fourth-order valence-corrected chi connectivity index (χ4v) is 3.47. The van der Waals surface area contributed by atoms with Crippen molar-refractivity contribution in [3.63, 3.8) is 0 Å². The minimum absolute atomic E-state index is 0.00138. The zero-order chi connectivity index (χ0) is 22.0. The Morgan fingerprint density at radius 1 is 1.41 bits per heavy atom. The van der Waals surface area contributed by atoms with E-state index in [1.807, 2.05) is 0 Å². The monoisotopic (exact) mass is 415 g/mol. The molecule has 0 saturated carbocycles. The van der Waals surface area contributed by atoms with Gasteiger partial charge in [-0.05, 0) is 39.2 Å². The van der Waals surface area contributed by atoms with E-state index in [0.29, 0.717) is 11.9 Å². The molecule has 0 aliphatic carbocycles. The molecule has 2 rings (SSSR count). The van der Waals surface area contributed by atoms with Crippen molar-refractivity contribution in [3.8, 4) is 5.88 Å². The molecule has 29 heavy (non-hydrogen) atoms. The number of amides is 1. The van der Waals surface area contributed by atoms with Gasteiger partial charge in [-0.1, -0.05) is 13.5 Å². The van der Waals surface area contributed by atoms with Crippen LogP contribution in [0.15, 0.2) is 35.6 Å². The molecule has 1 aliphatic rings. The van der Waals surface area contributed by atoms with Crippen molar-refractivity contribution in [2.24, 2.45) is 10.9 Å². The van der Waals surface area contributed by atoms with Crippen molar-refractivity contribution in [1.82, 2.24) is 9.88 Å². The molecule has 1 aromatic rings. The number of hydrogen-bond acceptors (Lipinski definition) is 4. The molecule has 2 heterocycles. The van der Waals surface area contributed by atoms with Crippen LogP contribution < -0.4 is 4.74 Å². The Morgan fingerprint density at radius 2 is 2.07 bits per heavy atom. The quantitative estimate of drug-likeness (QED) is 0.528. The van der Waals surface area contributed by atoms with E-state index < -0.39 is 29.4 Å². The summed E-state index contributed by atoms with van der Waals surface area (Å²) in [6, 6.07) is 1.51. The normalized spacial score (nSPS) is 25.7. The van der Waals surface area contributed by atoms with Crippen LogP contribution in [0.3, 0.4) is 0 Å². The highest BCUT2D eigenvalue weighted by molar-refractivity contribution is 6.38. The van der Waals surface area contributed by atoms with Crippen LogP contribution in [0.1, 0.15) is 39.7 Å². The maximum Gasteiger partial charge on any atom is 0.417 e. The van der Waals surface area contributed by atoms with Crippen molar-refractivity contribution in [2.45, 2.75) is 52.0 Å². The van der Waals surface area contributed by atoms with Crippen LogP contribution in [-0.2, 0) is 11.0 Å². The summed E-state index contributed by atoms with van der Waals surface area (Å²) in [6.07, 6.45) is -3.58. The first-order valence-electron chi connectivity index (χ1n) is 9.17. The first kappa shape index (κ1) is 22.8. The Kier molecular flexibility index (Phi) is 6.70. The molecule has 5 nitrogen and oxygen atoms in total. The number of carbonyl (C=O) groups excluding carboxylic acids is 1. The maximum atomic E-state index is 14.7. The molecular weight excluding hydrogens is 390 g/mol. The number of rotatable bonds is 5. The molecule has 0 N–H and O–H groups in total. The molecule has 1 aliphatic heterocycles. The van der Waals surface area contributed by atoms with Gasteiger partial charge in [0.05, 0.1) is 18.2 Å². The number of aromatic nitrogens is 1. The minimum Gasteiger partial charge on any atom is -0.475 e. The number of allylic oxidation sites excluding steroid dienone is 1. The summed E-state index contributed by atoms with van der Waals surface area (Å²) < 4.78 is 58.2. The van der Waals surface area contributed by atoms with E-state index in [1.54, 1.807) is 13.8 Å². The third-order valence-electron chi connectivity index (χ3n) is 4.70. The fourth-order valence-electron chi connectivity index (χ4n) is 3.47. The van der Waals surface area contributed by atoms with Gasteiger partial charge in [0.15, 0.2) is 0 Å². The number of aliphatic imine (C=N–C) groups is 1. The predicted molar refractivity (Wildman–Crippen MR) is 101 cm³/mol. The van der Waals surface area contributed by atoms with Gasteiger partial charge in [-0.15, -0.1) is 0 Å². The van der Waals surface area contributed by atoms with Crippen molar-refractivity contribution in [1.29, 1.82) is 0 Å². The van der Waals surface area contributed by atoms with Gasteiger partial charge in [-0.2, -0.15) is 13.2 Å². The van der Waals surface area contributed by atoms with Gasteiger partial charge in [0.2, 0.25) is 5.88 Å². The van der Waals surface area contributed by atoms with Crippen molar-refractivity contribution < 1.29 is 27.1 Å². The van der Waals surface area contributed by atoms with E-state index in [0.717, 1.165) is 12.1 Å². The fraction of sp³-hybridized carbons (Fsp3) is 0.550. The Labute approximate surface area is 167 Å².